The molecular weight excluding hydrogens is 525 g/mol. The van der Waals surface area contributed by atoms with Crippen molar-refractivity contribution in [2.24, 2.45) is 15.0 Å². The molecule has 3 unspecified atom stereocenters. The molecular formula is C18H25BrIN5O2. The predicted octanol–water partition coefficient (Wildman–Crippen LogP) is 4.21. The van der Waals surface area contributed by atoms with Crippen molar-refractivity contribution in [2.75, 3.05) is 24.1 Å². The molecule has 1 saturated carbocycles. The number of halogens is 2. The maximum atomic E-state index is 12.5. The van der Waals surface area contributed by atoms with Crippen molar-refractivity contribution >= 4 is 61.0 Å². The molecule has 2 fully saturated rings. The Morgan fingerprint density at radius 2 is 2.26 bits per heavy atom. The quantitative estimate of drug-likeness (QED) is 0.433. The van der Waals surface area contributed by atoms with Gasteiger partial charge in [-0.05, 0) is 67.4 Å². The van der Waals surface area contributed by atoms with Gasteiger partial charge in [-0.3, -0.25) is 0 Å². The third-order valence-electron chi connectivity index (χ3n) is 5.05. The number of carbonyl (C=O) groups is 1. The molecule has 0 radical (unpaired) electrons. The molecule has 0 spiro atoms. The van der Waals surface area contributed by atoms with Crippen LogP contribution in [0.5, 0.6) is 0 Å². The minimum absolute atomic E-state index is 0.201. The first kappa shape index (κ1) is 20.6. The second-order valence-corrected chi connectivity index (χ2v) is 9.41. The van der Waals surface area contributed by atoms with Crippen LogP contribution in [0, 0.1) is 11.8 Å². The van der Waals surface area contributed by atoms with Gasteiger partial charge in [0.05, 0.1) is 28.4 Å². The van der Waals surface area contributed by atoms with E-state index in [1.54, 1.807) is 6.20 Å². The van der Waals surface area contributed by atoms with Crippen LogP contribution in [0.2, 0.25) is 0 Å². The summed E-state index contributed by atoms with van der Waals surface area (Å²) in [6.07, 6.45) is 3.65. The van der Waals surface area contributed by atoms with E-state index in [2.05, 4.69) is 29.4 Å². The molecule has 1 amide bonds. The van der Waals surface area contributed by atoms with Crippen molar-refractivity contribution in [3.63, 3.8) is 0 Å². The van der Waals surface area contributed by atoms with Gasteiger partial charge in [0.15, 0.2) is 0 Å². The van der Waals surface area contributed by atoms with Crippen LogP contribution in [0.1, 0.15) is 39.2 Å². The van der Waals surface area contributed by atoms with Crippen molar-refractivity contribution in [3.8, 4) is 0 Å². The van der Waals surface area contributed by atoms with Crippen molar-refractivity contribution in [1.82, 2.24) is 9.88 Å². The summed E-state index contributed by atoms with van der Waals surface area (Å²) < 4.78 is 10.4. The van der Waals surface area contributed by atoms with Gasteiger partial charge >= 0.3 is 6.09 Å². The normalized spacial score (nSPS) is 25.0. The van der Waals surface area contributed by atoms with Crippen molar-refractivity contribution in [3.05, 3.63) is 17.8 Å². The van der Waals surface area contributed by atoms with Gasteiger partial charge in [0.2, 0.25) is 0 Å². The van der Waals surface area contributed by atoms with E-state index in [1.165, 1.54) is 0 Å². The van der Waals surface area contributed by atoms with Gasteiger partial charge in [0.1, 0.15) is 16.0 Å². The Morgan fingerprint density at radius 1 is 1.52 bits per heavy atom. The lowest BCUT2D eigenvalue weighted by molar-refractivity contribution is 0.0139. The first-order valence-electron chi connectivity index (χ1n) is 9.02. The van der Waals surface area contributed by atoms with Crippen LogP contribution in [-0.2, 0) is 4.74 Å². The predicted molar refractivity (Wildman–Crippen MR) is 120 cm³/mol. The molecule has 0 aromatic carbocycles. The summed E-state index contributed by atoms with van der Waals surface area (Å²) >= 11 is 5.37. The highest BCUT2D eigenvalue weighted by atomic mass is 127. The smallest absolute Gasteiger partial charge is 0.410 e. The van der Waals surface area contributed by atoms with Crippen molar-refractivity contribution < 1.29 is 9.53 Å². The van der Waals surface area contributed by atoms with Gasteiger partial charge in [0, 0.05) is 31.0 Å². The Morgan fingerprint density at radius 3 is 2.89 bits per heavy atom. The fourth-order valence-electron chi connectivity index (χ4n) is 4.04. The lowest BCUT2D eigenvalue weighted by atomic mass is 9.98. The average Bonchev–Trinajstić information content (AvgIpc) is 3.18. The fourth-order valence-corrected chi connectivity index (χ4v) is 4.69. The number of hydrogen-bond acceptors (Lipinski definition) is 6. The second-order valence-electron chi connectivity index (χ2n) is 8.17. The number of carbonyl (C=O) groups excluding carboxylic acids is 1. The minimum Gasteiger partial charge on any atom is -0.444 e. The highest BCUT2D eigenvalue weighted by molar-refractivity contribution is 14.1. The zero-order valence-electron chi connectivity index (χ0n) is 15.7. The fraction of sp³-hybridized carbons (Fsp3) is 0.611. The molecule has 1 aromatic heterocycles. The SMILES string of the molecule is CC(C)(C)OC(=O)N1CC2CC(CNc3ccnc(N)c3C(Br)=NI)C1C2. The molecule has 2 aliphatic rings. The van der Waals surface area contributed by atoms with E-state index in [0.29, 0.717) is 22.3 Å². The molecule has 3 rings (SSSR count). The monoisotopic (exact) mass is 549 g/mol. The van der Waals surface area contributed by atoms with E-state index in [0.717, 1.165) is 37.2 Å². The molecule has 2 bridgehead atoms. The van der Waals surface area contributed by atoms with Gasteiger partial charge in [-0.25, -0.2) is 13.0 Å². The molecule has 9 heteroatoms. The maximum Gasteiger partial charge on any atom is 0.410 e. The Labute approximate surface area is 182 Å². The number of piperidine rings is 1. The maximum absolute atomic E-state index is 12.5. The van der Waals surface area contributed by atoms with E-state index in [9.17, 15) is 4.79 Å². The number of nitrogens with zero attached hydrogens (tertiary/aromatic N) is 3. The van der Waals surface area contributed by atoms with E-state index < -0.39 is 5.60 Å². The number of fused-ring (bicyclic) bond motifs is 2. The van der Waals surface area contributed by atoms with Crippen LogP contribution in [0.3, 0.4) is 0 Å². The lowest BCUT2D eigenvalue weighted by Crippen LogP contribution is -2.46. The Hall–Kier alpha value is -1.10. The molecule has 3 N–H and O–H groups in total. The zero-order valence-corrected chi connectivity index (χ0v) is 19.5. The van der Waals surface area contributed by atoms with Crippen LogP contribution >= 0.6 is 38.8 Å². The number of anilines is 2. The van der Waals surface area contributed by atoms with Gasteiger partial charge in [-0.2, -0.15) is 0 Å². The highest BCUT2D eigenvalue weighted by Gasteiger charge is 2.47. The van der Waals surface area contributed by atoms with E-state index >= 15 is 0 Å². The molecule has 7 nitrogen and oxygen atoms in total. The van der Waals surface area contributed by atoms with Crippen LogP contribution in [0.15, 0.2) is 15.5 Å². The van der Waals surface area contributed by atoms with Crippen LogP contribution < -0.4 is 11.1 Å². The summed E-state index contributed by atoms with van der Waals surface area (Å²) in [6.45, 7) is 7.27. The summed E-state index contributed by atoms with van der Waals surface area (Å²) in [6, 6.07) is 2.12. The van der Waals surface area contributed by atoms with Crippen molar-refractivity contribution in [1.29, 1.82) is 0 Å². The molecule has 1 saturated heterocycles. The van der Waals surface area contributed by atoms with E-state index in [4.69, 9.17) is 10.5 Å². The largest absolute Gasteiger partial charge is 0.444 e. The lowest BCUT2D eigenvalue weighted by Gasteiger charge is -2.35. The Kier molecular flexibility index (Phi) is 6.19. The molecule has 148 valence electrons. The second kappa shape index (κ2) is 8.10. The third kappa shape index (κ3) is 4.67. The number of hydrogen-bond donors (Lipinski definition) is 2. The Balaban J connectivity index is 1.68. The number of nitrogens with two attached hydrogens (primary N) is 1. The minimum atomic E-state index is -0.471. The average molecular weight is 550 g/mol. The molecule has 2 heterocycles. The molecule has 1 aliphatic carbocycles. The van der Waals surface area contributed by atoms with Gasteiger partial charge in [-0.1, -0.05) is 0 Å². The van der Waals surface area contributed by atoms with Crippen LogP contribution in [-0.4, -0.2) is 45.3 Å². The number of amides is 1. The summed E-state index contributed by atoms with van der Waals surface area (Å²) in [5, 5.41) is 3.49. The number of likely N-dealkylation sites (tertiary alicyclic amines) is 1. The number of nitrogen functional groups attached to an aromatic ring is 1. The highest BCUT2D eigenvalue weighted by Crippen LogP contribution is 2.42. The topological polar surface area (TPSA) is 92.8 Å². The first-order valence-corrected chi connectivity index (χ1v) is 10.8. The summed E-state index contributed by atoms with van der Waals surface area (Å²) in [5.41, 5.74) is 7.21. The Bertz CT molecular complexity index is 752. The molecule has 1 aliphatic heterocycles. The summed E-state index contributed by atoms with van der Waals surface area (Å²) in [7, 11) is 0. The number of rotatable bonds is 4. The third-order valence-corrected chi connectivity index (χ3v) is 6.77. The number of pyridine rings is 1. The summed E-state index contributed by atoms with van der Waals surface area (Å²) in [4.78, 5) is 18.6. The zero-order chi connectivity index (χ0) is 19.8. The number of nitrogens with one attached hydrogen (secondary N) is 1. The van der Waals surface area contributed by atoms with E-state index in [1.807, 2.05) is 54.6 Å². The summed E-state index contributed by atoms with van der Waals surface area (Å²) in [5.74, 6) is 1.36. The standard InChI is InChI=1S/C18H25BrIN5O2/c1-18(2,3)27-17(26)25-9-10-6-11(13(25)7-10)8-23-12-4-5-22-16(21)14(12)15(19)24-20/h4-5,10-11,13H,6-9H2,1-3H3,(H3,21,22,23). The van der Waals surface area contributed by atoms with Crippen LogP contribution in [0.25, 0.3) is 0 Å². The van der Waals surface area contributed by atoms with E-state index in [-0.39, 0.29) is 12.1 Å². The molecule has 27 heavy (non-hydrogen) atoms. The first-order chi connectivity index (χ1) is 12.7. The molecule has 1 aromatic rings. The number of ether oxygens (including phenoxy) is 1. The molecule has 3 atom stereocenters. The van der Waals surface area contributed by atoms with Crippen molar-refractivity contribution in [2.45, 2.75) is 45.3 Å². The van der Waals surface area contributed by atoms with Crippen LogP contribution in [0.4, 0.5) is 16.3 Å². The van der Waals surface area contributed by atoms with Gasteiger partial charge in [-0.15, -0.1) is 0 Å². The van der Waals surface area contributed by atoms with Gasteiger partial charge in [0.25, 0.3) is 0 Å². The number of aromatic nitrogens is 1. The van der Waals surface area contributed by atoms with Gasteiger partial charge < -0.3 is 20.7 Å².